The molecule has 1 aromatic rings. The van der Waals surface area contributed by atoms with Crippen LogP contribution in [0, 0.1) is 0 Å². The van der Waals surface area contributed by atoms with Gasteiger partial charge in [0.2, 0.25) is 0 Å². The predicted octanol–water partition coefficient (Wildman–Crippen LogP) is 2.09. The fourth-order valence-electron chi connectivity index (χ4n) is 1.27. The van der Waals surface area contributed by atoms with Crippen LogP contribution < -0.4 is 11.1 Å². The smallest absolute Gasteiger partial charge is 0.382 e. The van der Waals surface area contributed by atoms with Crippen LogP contribution in [-0.4, -0.2) is 26.3 Å². The van der Waals surface area contributed by atoms with Gasteiger partial charge >= 0.3 is 6.18 Å². The van der Waals surface area contributed by atoms with E-state index in [0.717, 1.165) is 12.1 Å². The highest BCUT2D eigenvalue weighted by Crippen LogP contribution is 2.29. The van der Waals surface area contributed by atoms with Crippen molar-refractivity contribution in [3.8, 4) is 0 Å². The van der Waals surface area contributed by atoms with Gasteiger partial charge in [-0.2, -0.15) is 13.2 Å². The van der Waals surface area contributed by atoms with Gasteiger partial charge in [0.1, 0.15) is 0 Å². The van der Waals surface area contributed by atoms with E-state index >= 15 is 0 Å². The van der Waals surface area contributed by atoms with Gasteiger partial charge < -0.3 is 15.8 Å². The van der Waals surface area contributed by atoms with Gasteiger partial charge in [-0.05, 0) is 24.3 Å². The molecule has 0 fully saturated rings. The van der Waals surface area contributed by atoms with Gasteiger partial charge in [-0.15, -0.1) is 0 Å². The summed E-state index contributed by atoms with van der Waals surface area (Å²) in [4.78, 5) is 0. The molecule has 0 bridgehead atoms. The number of nitrogens with two attached hydrogens (primary N) is 1. The Morgan fingerprint density at radius 2 is 1.88 bits per heavy atom. The minimum Gasteiger partial charge on any atom is -0.382 e. The lowest BCUT2D eigenvalue weighted by Gasteiger charge is -2.15. The highest BCUT2D eigenvalue weighted by Gasteiger charge is 2.29. The maximum absolute atomic E-state index is 12.3. The number of methoxy groups -OCH3 is 1. The van der Waals surface area contributed by atoms with E-state index in [1.807, 2.05) is 0 Å². The summed E-state index contributed by atoms with van der Waals surface area (Å²) < 4.78 is 41.9. The third kappa shape index (κ3) is 4.24. The first kappa shape index (κ1) is 13.8. The van der Waals surface area contributed by atoms with E-state index in [-0.39, 0.29) is 6.10 Å². The summed E-state index contributed by atoms with van der Waals surface area (Å²) in [5, 5.41) is 2.95. The number of anilines is 1. The van der Waals surface area contributed by atoms with Gasteiger partial charge in [-0.25, -0.2) is 0 Å². The van der Waals surface area contributed by atoms with Gasteiger partial charge in [0.25, 0.3) is 0 Å². The molecule has 0 radical (unpaired) electrons. The van der Waals surface area contributed by atoms with Crippen molar-refractivity contribution < 1.29 is 17.9 Å². The number of halogens is 3. The summed E-state index contributed by atoms with van der Waals surface area (Å²) in [5.41, 5.74) is 5.36. The standard InChI is InChI=1S/C11H15F3N2O/c1-17-10(6-15)7-16-9-4-2-8(3-5-9)11(12,13)14/h2-5,10,16H,6-7,15H2,1H3. The van der Waals surface area contributed by atoms with Crippen molar-refractivity contribution in [3.63, 3.8) is 0 Å². The van der Waals surface area contributed by atoms with E-state index in [9.17, 15) is 13.2 Å². The molecule has 1 aromatic carbocycles. The van der Waals surface area contributed by atoms with E-state index in [2.05, 4.69) is 5.32 Å². The summed E-state index contributed by atoms with van der Waals surface area (Å²) in [6, 6.07) is 4.83. The molecule has 0 saturated heterocycles. The zero-order valence-corrected chi connectivity index (χ0v) is 9.42. The molecule has 0 amide bonds. The van der Waals surface area contributed by atoms with Crippen LogP contribution in [0.25, 0.3) is 0 Å². The molecule has 0 spiro atoms. The van der Waals surface area contributed by atoms with E-state index < -0.39 is 11.7 Å². The van der Waals surface area contributed by atoms with Crippen molar-refractivity contribution >= 4 is 5.69 Å². The minimum atomic E-state index is -4.30. The maximum Gasteiger partial charge on any atom is 0.416 e. The first-order chi connectivity index (χ1) is 7.97. The summed E-state index contributed by atoms with van der Waals surface area (Å²) in [7, 11) is 1.53. The zero-order valence-electron chi connectivity index (χ0n) is 9.42. The molecule has 0 aliphatic rings. The van der Waals surface area contributed by atoms with Crippen LogP contribution >= 0.6 is 0 Å². The van der Waals surface area contributed by atoms with E-state index in [1.54, 1.807) is 0 Å². The Kier molecular flexibility index (Phi) is 4.77. The molecule has 96 valence electrons. The van der Waals surface area contributed by atoms with Crippen LogP contribution in [0.4, 0.5) is 18.9 Å². The fraction of sp³-hybridized carbons (Fsp3) is 0.455. The molecule has 1 rings (SSSR count). The van der Waals surface area contributed by atoms with Gasteiger partial charge in [-0.1, -0.05) is 0 Å². The highest BCUT2D eigenvalue weighted by atomic mass is 19.4. The van der Waals surface area contributed by atoms with Crippen molar-refractivity contribution in [2.75, 3.05) is 25.5 Å². The average molecular weight is 248 g/mol. The summed E-state index contributed by atoms with van der Waals surface area (Å²) in [6.07, 6.45) is -4.46. The number of nitrogens with one attached hydrogen (secondary N) is 1. The molecule has 6 heteroatoms. The molecule has 1 unspecified atom stereocenters. The Morgan fingerprint density at radius 3 is 2.29 bits per heavy atom. The summed E-state index contributed by atoms with van der Waals surface area (Å²) in [5.74, 6) is 0. The van der Waals surface area contributed by atoms with Crippen molar-refractivity contribution in [3.05, 3.63) is 29.8 Å². The second kappa shape index (κ2) is 5.88. The highest BCUT2D eigenvalue weighted by molar-refractivity contribution is 5.45. The van der Waals surface area contributed by atoms with Crippen LogP contribution in [0.1, 0.15) is 5.56 Å². The van der Waals surface area contributed by atoms with Crippen LogP contribution in [0.5, 0.6) is 0 Å². The van der Waals surface area contributed by atoms with Gasteiger partial charge in [0.15, 0.2) is 0 Å². The zero-order chi connectivity index (χ0) is 12.9. The van der Waals surface area contributed by atoms with Gasteiger partial charge in [0.05, 0.1) is 11.7 Å². The molecule has 0 aliphatic carbocycles. The van der Waals surface area contributed by atoms with Crippen molar-refractivity contribution in [2.45, 2.75) is 12.3 Å². The molecule has 1 atom stereocenters. The molecule has 0 heterocycles. The molecule has 3 nitrogen and oxygen atoms in total. The number of alkyl halides is 3. The Bertz CT molecular complexity index is 334. The van der Waals surface area contributed by atoms with Gasteiger partial charge in [-0.3, -0.25) is 0 Å². The topological polar surface area (TPSA) is 47.3 Å². The lowest BCUT2D eigenvalue weighted by atomic mass is 10.2. The lowest BCUT2D eigenvalue weighted by Crippen LogP contribution is -2.29. The Labute approximate surface area is 97.8 Å². The minimum absolute atomic E-state index is 0.155. The Hall–Kier alpha value is -1.27. The fourth-order valence-corrected chi connectivity index (χ4v) is 1.27. The van der Waals surface area contributed by atoms with Crippen molar-refractivity contribution in [1.29, 1.82) is 0 Å². The normalized spacial score (nSPS) is 13.5. The first-order valence-corrected chi connectivity index (χ1v) is 5.11. The number of hydrogen-bond acceptors (Lipinski definition) is 3. The van der Waals surface area contributed by atoms with Crippen molar-refractivity contribution in [1.82, 2.24) is 0 Å². The molecule has 0 saturated carbocycles. The quantitative estimate of drug-likeness (QED) is 0.838. The second-order valence-electron chi connectivity index (χ2n) is 3.55. The summed E-state index contributed by atoms with van der Waals surface area (Å²) >= 11 is 0. The number of hydrogen-bond donors (Lipinski definition) is 2. The molecule has 0 aliphatic heterocycles. The molecular formula is C11H15F3N2O. The number of rotatable bonds is 5. The SMILES string of the molecule is COC(CN)CNc1ccc(C(F)(F)F)cc1. The van der Waals surface area contributed by atoms with Crippen LogP contribution in [0.3, 0.4) is 0 Å². The second-order valence-corrected chi connectivity index (χ2v) is 3.55. The monoisotopic (exact) mass is 248 g/mol. The van der Waals surface area contributed by atoms with Gasteiger partial charge in [0, 0.05) is 25.9 Å². The van der Waals surface area contributed by atoms with Crippen LogP contribution in [-0.2, 0) is 10.9 Å². The summed E-state index contributed by atoms with van der Waals surface area (Å²) in [6.45, 7) is 0.808. The molecular weight excluding hydrogens is 233 g/mol. The largest absolute Gasteiger partial charge is 0.416 e. The molecule has 0 aromatic heterocycles. The Morgan fingerprint density at radius 1 is 1.29 bits per heavy atom. The molecule has 3 N–H and O–H groups in total. The number of ether oxygens (including phenoxy) is 1. The number of benzene rings is 1. The predicted molar refractivity (Wildman–Crippen MR) is 59.8 cm³/mol. The lowest BCUT2D eigenvalue weighted by molar-refractivity contribution is -0.137. The van der Waals surface area contributed by atoms with E-state index in [0.29, 0.717) is 18.8 Å². The first-order valence-electron chi connectivity index (χ1n) is 5.11. The maximum atomic E-state index is 12.3. The van der Waals surface area contributed by atoms with Crippen LogP contribution in [0.15, 0.2) is 24.3 Å². The molecule has 17 heavy (non-hydrogen) atoms. The third-order valence-electron chi connectivity index (χ3n) is 2.34. The average Bonchev–Trinajstić information content (AvgIpc) is 2.30. The van der Waals surface area contributed by atoms with Crippen molar-refractivity contribution in [2.24, 2.45) is 5.73 Å². The van der Waals surface area contributed by atoms with E-state index in [4.69, 9.17) is 10.5 Å². The third-order valence-corrected chi connectivity index (χ3v) is 2.34. The van der Waals surface area contributed by atoms with E-state index in [1.165, 1.54) is 19.2 Å². The van der Waals surface area contributed by atoms with Crippen LogP contribution in [0.2, 0.25) is 0 Å². The Balaban J connectivity index is 2.57.